The number of methoxy groups -OCH3 is 4. The summed E-state index contributed by atoms with van der Waals surface area (Å²) in [5.41, 5.74) is 0. The van der Waals surface area contributed by atoms with Gasteiger partial charge in [0.15, 0.2) is 41.5 Å². The Morgan fingerprint density at radius 1 is 0.711 bits per heavy atom. The van der Waals surface area contributed by atoms with Crippen LogP contribution in [-0.4, -0.2) is 132 Å². The first-order valence-electron chi connectivity index (χ1n) is 15.6. The fraction of sp³-hybridized carbons (Fsp3) is 1.00. The maximum Gasteiger partial charge on any atom is 0.187 e. The predicted octanol–water partition coefficient (Wildman–Crippen LogP) is 3.07. The third-order valence-electron chi connectivity index (χ3n) is 8.34. The van der Waals surface area contributed by atoms with Gasteiger partial charge in [0.25, 0.3) is 0 Å². The number of hydrogen-bond donors (Lipinski definition) is 0. The molecule has 0 radical (unpaired) electrons. The summed E-state index contributed by atoms with van der Waals surface area (Å²) >= 11 is 0. The fourth-order valence-electron chi connectivity index (χ4n) is 5.98. The Labute approximate surface area is 267 Å². The molecule has 0 aromatic carbocycles. The number of fused-ring (bicyclic) bond motifs is 1. The summed E-state index contributed by atoms with van der Waals surface area (Å²) in [6.07, 6.45) is -7.24. The van der Waals surface area contributed by atoms with Gasteiger partial charge in [0.1, 0.15) is 48.8 Å². The Morgan fingerprint density at radius 3 is 1.84 bits per heavy atom. The van der Waals surface area contributed by atoms with Crippen molar-refractivity contribution in [1.82, 2.24) is 0 Å². The van der Waals surface area contributed by atoms with E-state index in [0.29, 0.717) is 0 Å². The van der Waals surface area contributed by atoms with E-state index in [9.17, 15) is 0 Å². The first kappa shape index (κ1) is 37.3. The van der Waals surface area contributed by atoms with E-state index in [0.717, 1.165) is 0 Å². The van der Waals surface area contributed by atoms with Gasteiger partial charge >= 0.3 is 0 Å². The summed E-state index contributed by atoms with van der Waals surface area (Å²) in [7, 11) is 6.23. The van der Waals surface area contributed by atoms with Gasteiger partial charge in [0.2, 0.25) is 0 Å². The lowest BCUT2D eigenvalue weighted by molar-refractivity contribution is -0.359. The largest absolute Gasteiger partial charge is 0.354 e. The van der Waals surface area contributed by atoms with Crippen LogP contribution in [0, 0.1) is 0 Å². The van der Waals surface area contributed by atoms with Crippen LogP contribution < -0.4 is 0 Å². The van der Waals surface area contributed by atoms with E-state index in [1.807, 2.05) is 55.4 Å². The molecule has 4 rings (SSSR count). The van der Waals surface area contributed by atoms with Crippen LogP contribution in [0.3, 0.4) is 0 Å². The molecular formula is C31H56O14. The lowest BCUT2D eigenvalue weighted by Crippen LogP contribution is -2.63. The third kappa shape index (κ3) is 8.92. The van der Waals surface area contributed by atoms with E-state index in [1.54, 1.807) is 42.3 Å². The summed E-state index contributed by atoms with van der Waals surface area (Å²) in [5, 5.41) is 0. The van der Waals surface area contributed by atoms with Crippen molar-refractivity contribution in [3.63, 3.8) is 0 Å². The predicted molar refractivity (Wildman–Crippen MR) is 157 cm³/mol. The van der Waals surface area contributed by atoms with Gasteiger partial charge in [-0.1, -0.05) is 0 Å². The summed E-state index contributed by atoms with van der Waals surface area (Å²) in [6.45, 7) is 18.6. The van der Waals surface area contributed by atoms with Crippen molar-refractivity contribution >= 4 is 0 Å². The van der Waals surface area contributed by atoms with Crippen molar-refractivity contribution < 1.29 is 66.3 Å². The van der Waals surface area contributed by atoms with Crippen molar-refractivity contribution in [1.29, 1.82) is 0 Å². The van der Waals surface area contributed by atoms with Crippen LogP contribution in [0.2, 0.25) is 0 Å². The Balaban J connectivity index is 1.74. The highest BCUT2D eigenvalue weighted by Gasteiger charge is 2.60. The number of hydrogen-bond acceptors (Lipinski definition) is 14. The Kier molecular flexibility index (Phi) is 11.4. The Morgan fingerprint density at radius 2 is 1.29 bits per heavy atom. The molecule has 0 spiro atoms. The highest BCUT2D eigenvalue weighted by atomic mass is 16.8. The maximum atomic E-state index is 6.94. The molecule has 0 bridgehead atoms. The van der Waals surface area contributed by atoms with Gasteiger partial charge in [-0.2, -0.15) is 0 Å². The molecule has 4 heterocycles. The molecule has 14 nitrogen and oxygen atoms in total. The van der Waals surface area contributed by atoms with Crippen LogP contribution in [0.1, 0.15) is 69.2 Å². The number of rotatable bonds is 14. The van der Waals surface area contributed by atoms with Gasteiger partial charge in [0, 0.05) is 28.4 Å². The highest BCUT2D eigenvalue weighted by Crippen LogP contribution is 2.43. The molecule has 0 saturated carbocycles. The molecule has 14 heteroatoms. The minimum atomic E-state index is -1.04. The smallest absolute Gasteiger partial charge is 0.187 e. The highest BCUT2D eigenvalue weighted by molar-refractivity contribution is 5.01. The molecule has 264 valence electrons. The summed E-state index contributed by atoms with van der Waals surface area (Å²) in [6, 6.07) is 0. The molecule has 0 unspecified atom stereocenters. The monoisotopic (exact) mass is 652 g/mol. The summed E-state index contributed by atoms with van der Waals surface area (Å²) in [5.74, 6) is -4.69. The van der Waals surface area contributed by atoms with Crippen molar-refractivity contribution in [3.8, 4) is 0 Å². The van der Waals surface area contributed by atoms with Crippen molar-refractivity contribution in [2.75, 3.05) is 41.7 Å². The van der Waals surface area contributed by atoms with Crippen molar-refractivity contribution in [2.24, 2.45) is 0 Å². The van der Waals surface area contributed by atoms with Crippen LogP contribution in [0.25, 0.3) is 0 Å². The molecule has 0 aromatic heterocycles. The van der Waals surface area contributed by atoms with E-state index in [-0.39, 0.29) is 13.2 Å². The topological polar surface area (TPSA) is 129 Å². The number of ether oxygens (including phenoxy) is 14. The SMILES string of the molecule is COC(OC)[C@@H]1OC(C)(C)O[C@H]1[C@H](O[C@@H]1O[C@H](COC(C)(C)OC)[C@@H]2OC(C)(C)O[C@@H]2[C@H]1OC(C)(C)OC)[C@H]1COC(C)(C)O1. The zero-order chi connectivity index (χ0) is 33.6. The maximum absolute atomic E-state index is 6.94. The van der Waals surface area contributed by atoms with Gasteiger partial charge < -0.3 is 66.3 Å². The summed E-state index contributed by atoms with van der Waals surface area (Å²) < 4.78 is 86.7. The quantitative estimate of drug-likeness (QED) is 0.255. The fourth-order valence-corrected chi connectivity index (χ4v) is 5.98. The second-order valence-corrected chi connectivity index (χ2v) is 14.1. The second kappa shape index (κ2) is 13.7. The van der Waals surface area contributed by atoms with Crippen LogP contribution in [0.4, 0.5) is 0 Å². The molecule has 45 heavy (non-hydrogen) atoms. The summed E-state index contributed by atoms with van der Waals surface area (Å²) in [4.78, 5) is 0. The molecule has 9 atom stereocenters. The molecule has 4 saturated heterocycles. The van der Waals surface area contributed by atoms with E-state index in [2.05, 4.69) is 0 Å². The zero-order valence-corrected chi connectivity index (χ0v) is 29.4. The van der Waals surface area contributed by atoms with E-state index >= 15 is 0 Å². The van der Waals surface area contributed by atoms with Crippen LogP contribution in [0.15, 0.2) is 0 Å². The lowest BCUT2D eigenvalue weighted by atomic mass is 9.97. The molecule has 0 N–H and O–H groups in total. The average Bonchev–Trinajstić information content (AvgIpc) is 3.58. The minimum Gasteiger partial charge on any atom is -0.354 e. The normalized spacial score (nSPS) is 36.9. The Bertz CT molecular complexity index is 966. The van der Waals surface area contributed by atoms with Gasteiger partial charge in [-0.05, 0) is 69.2 Å². The van der Waals surface area contributed by atoms with Gasteiger partial charge in [-0.25, -0.2) is 0 Å². The molecule has 0 aromatic rings. The first-order valence-corrected chi connectivity index (χ1v) is 15.6. The van der Waals surface area contributed by atoms with Crippen LogP contribution >= 0.6 is 0 Å². The van der Waals surface area contributed by atoms with Gasteiger partial charge in [-0.15, -0.1) is 0 Å². The molecule has 0 aliphatic carbocycles. The van der Waals surface area contributed by atoms with Crippen LogP contribution in [-0.2, 0) is 66.3 Å². The molecule has 4 aliphatic heterocycles. The first-order chi connectivity index (χ1) is 20.7. The molecule has 4 aliphatic rings. The van der Waals surface area contributed by atoms with Crippen molar-refractivity contribution in [3.05, 3.63) is 0 Å². The zero-order valence-electron chi connectivity index (χ0n) is 29.4. The van der Waals surface area contributed by atoms with Gasteiger partial charge in [0.05, 0.1) is 13.2 Å². The van der Waals surface area contributed by atoms with Crippen molar-refractivity contribution in [2.45, 2.75) is 160 Å². The Hall–Kier alpha value is -0.560. The lowest BCUT2D eigenvalue weighted by Gasteiger charge is -2.46. The van der Waals surface area contributed by atoms with E-state index in [1.165, 1.54) is 0 Å². The standard InChI is InChI=1S/C31H56O14/c1-27(2,34-13)36-15-17-20-22(43-30(7,8)41-20)24(44-28(3,4)35-14)26(38-17)39-19(18-16-37-29(5,6)40-18)21-23(25(32-11)33-12)45-31(9,10)42-21/h17-26H,15-16H2,1-14H3/t17-,18-,19-,20+,21+,22+,23-,24-,26+/m1/s1. The molecule has 4 fully saturated rings. The second-order valence-electron chi connectivity index (χ2n) is 14.1. The van der Waals surface area contributed by atoms with Gasteiger partial charge in [-0.3, -0.25) is 0 Å². The third-order valence-corrected chi connectivity index (χ3v) is 8.34. The molecule has 0 amide bonds. The average molecular weight is 653 g/mol. The minimum absolute atomic E-state index is 0.122. The van der Waals surface area contributed by atoms with Crippen LogP contribution in [0.5, 0.6) is 0 Å². The molecular weight excluding hydrogens is 596 g/mol. The van der Waals surface area contributed by atoms with E-state index < -0.39 is 90.3 Å². The van der Waals surface area contributed by atoms with E-state index in [4.69, 9.17) is 66.3 Å².